The molecule has 0 atom stereocenters. The van der Waals surface area contributed by atoms with E-state index in [-0.39, 0.29) is 5.41 Å². The van der Waals surface area contributed by atoms with Gasteiger partial charge in [0.15, 0.2) is 0 Å². The summed E-state index contributed by atoms with van der Waals surface area (Å²) in [4.78, 5) is 11.5. The van der Waals surface area contributed by atoms with Crippen molar-refractivity contribution in [3.8, 4) is 6.01 Å². The largest absolute Gasteiger partial charge is 0.467 e. The van der Waals surface area contributed by atoms with Crippen molar-refractivity contribution in [2.24, 2.45) is 0 Å². The van der Waals surface area contributed by atoms with E-state index in [4.69, 9.17) is 4.74 Å². The number of aromatic nitrogens is 2. The summed E-state index contributed by atoms with van der Waals surface area (Å²) in [5.41, 5.74) is 5.29. The van der Waals surface area contributed by atoms with Crippen molar-refractivity contribution in [2.45, 2.75) is 31.7 Å². The molecule has 4 nitrogen and oxygen atoms in total. The lowest BCUT2D eigenvalue weighted by atomic mass is 9.90. The quantitative estimate of drug-likeness (QED) is 0.711. The highest BCUT2D eigenvalue weighted by atomic mass is 16.5. The van der Waals surface area contributed by atoms with Gasteiger partial charge in [-0.05, 0) is 36.8 Å². The average Bonchev–Trinajstić information content (AvgIpc) is 3.40. The minimum absolute atomic E-state index is 0.227. The Hall–Kier alpha value is -2.62. The van der Waals surface area contributed by atoms with E-state index < -0.39 is 0 Å². The SMILES string of the molecule is COc1ncc2c(n1)CN(c1cccc3cccc(C)c13)CC21CC1. The van der Waals surface area contributed by atoms with E-state index in [0.29, 0.717) is 6.01 Å². The van der Waals surface area contributed by atoms with Crippen molar-refractivity contribution in [2.75, 3.05) is 18.6 Å². The van der Waals surface area contributed by atoms with Crippen LogP contribution >= 0.6 is 0 Å². The van der Waals surface area contributed by atoms with E-state index in [1.165, 1.54) is 40.4 Å². The van der Waals surface area contributed by atoms with Crippen LogP contribution in [0.5, 0.6) is 6.01 Å². The Morgan fingerprint density at radius 3 is 2.68 bits per heavy atom. The topological polar surface area (TPSA) is 38.3 Å². The predicted molar refractivity (Wildman–Crippen MR) is 99.2 cm³/mol. The van der Waals surface area contributed by atoms with Crippen LogP contribution in [0.25, 0.3) is 10.8 Å². The Morgan fingerprint density at radius 1 is 1.12 bits per heavy atom. The fourth-order valence-electron chi connectivity index (χ4n) is 4.27. The summed E-state index contributed by atoms with van der Waals surface area (Å²) in [6, 6.07) is 13.6. The van der Waals surface area contributed by atoms with Crippen molar-refractivity contribution in [3.05, 3.63) is 59.4 Å². The van der Waals surface area contributed by atoms with E-state index in [1.807, 2.05) is 6.20 Å². The van der Waals surface area contributed by atoms with Crippen LogP contribution in [0, 0.1) is 6.92 Å². The lowest BCUT2D eigenvalue weighted by molar-refractivity contribution is 0.375. The first-order chi connectivity index (χ1) is 12.2. The number of rotatable bonds is 2. The third-order valence-electron chi connectivity index (χ3n) is 5.72. The van der Waals surface area contributed by atoms with Crippen LogP contribution in [0.3, 0.4) is 0 Å². The lowest BCUT2D eigenvalue weighted by Crippen LogP contribution is -2.38. The third kappa shape index (κ3) is 2.20. The molecule has 25 heavy (non-hydrogen) atoms. The van der Waals surface area contributed by atoms with Crippen molar-refractivity contribution < 1.29 is 4.74 Å². The van der Waals surface area contributed by atoms with Crippen LogP contribution < -0.4 is 9.64 Å². The summed E-state index contributed by atoms with van der Waals surface area (Å²) < 4.78 is 5.26. The van der Waals surface area contributed by atoms with Crippen molar-refractivity contribution in [1.82, 2.24) is 9.97 Å². The highest BCUT2D eigenvalue weighted by Gasteiger charge is 2.50. The number of methoxy groups -OCH3 is 1. The number of hydrogen-bond donors (Lipinski definition) is 0. The smallest absolute Gasteiger partial charge is 0.316 e. The highest BCUT2D eigenvalue weighted by molar-refractivity contribution is 5.97. The molecule has 2 aromatic carbocycles. The molecule has 1 spiro atoms. The van der Waals surface area contributed by atoms with Crippen LogP contribution in [-0.4, -0.2) is 23.6 Å². The van der Waals surface area contributed by atoms with Gasteiger partial charge in [-0.1, -0.05) is 30.3 Å². The zero-order valence-electron chi connectivity index (χ0n) is 14.6. The Morgan fingerprint density at radius 2 is 1.92 bits per heavy atom. The predicted octanol–water partition coefficient (Wildman–Crippen LogP) is 4.00. The Balaban J connectivity index is 1.65. The first kappa shape index (κ1) is 14.7. The number of fused-ring (bicyclic) bond motifs is 3. The van der Waals surface area contributed by atoms with Crippen LogP contribution in [0.2, 0.25) is 0 Å². The maximum atomic E-state index is 5.26. The summed E-state index contributed by atoms with van der Waals surface area (Å²) >= 11 is 0. The minimum atomic E-state index is 0.227. The van der Waals surface area contributed by atoms with E-state index in [2.05, 4.69) is 58.2 Å². The summed E-state index contributed by atoms with van der Waals surface area (Å²) in [5.74, 6) is 0. The van der Waals surface area contributed by atoms with Gasteiger partial charge >= 0.3 is 6.01 Å². The fourth-order valence-corrected chi connectivity index (χ4v) is 4.27. The van der Waals surface area contributed by atoms with Gasteiger partial charge in [-0.2, -0.15) is 4.98 Å². The summed E-state index contributed by atoms with van der Waals surface area (Å²) in [5, 5.41) is 2.65. The van der Waals surface area contributed by atoms with Crippen LogP contribution in [0.1, 0.15) is 29.7 Å². The molecule has 3 aromatic rings. The Kier molecular flexibility index (Phi) is 3.05. The molecule has 0 unspecified atom stereocenters. The average molecular weight is 331 g/mol. The summed E-state index contributed by atoms with van der Waals surface area (Å²) in [6.45, 7) is 4.05. The molecule has 126 valence electrons. The van der Waals surface area contributed by atoms with Gasteiger partial charge in [0, 0.05) is 34.8 Å². The van der Waals surface area contributed by atoms with E-state index in [9.17, 15) is 0 Å². The van der Waals surface area contributed by atoms with Gasteiger partial charge in [0.05, 0.1) is 19.3 Å². The second-order valence-corrected chi connectivity index (χ2v) is 7.30. The second-order valence-electron chi connectivity index (χ2n) is 7.30. The van der Waals surface area contributed by atoms with Crippen molar-refractivity contribution in [3.63, 3.8) is 0 Å². The molecule has 5 rings (SSSR count). The molecule has 4 heteroatoms. The molecule has 0 radical (unpaired) electrons. The second kappa shape index (κ2) is 5.19. The maximum Gasteiger partial charge on any atom is 0.316 e. The molecule has 1 aliphatic carbocycles. The monoisotopic (exact) mass is 331 g/mol. The van der Waals surface area contributed by atoms with Gasteiger partial charge in [0.25, 0.3) is 0 Å². The van der Waals surface area contributed by atoms with E-state index >= 15 is 0 Å². The molecule has 1 aliphatic heterocycles. The van der Waals surface area contributed by atoms with Gasteiger partial charge in [-0.15, -0.1) is 0 Å². The molecule has 1 saturated carbocycles. The molecule has 2 aliphatic rings. The zero-order valence-corrected chi connectivity index (χ0v) is 14.6. The zero-order chi connectivity index (χ0) is 17.0. The van der Waals surface area contributed by atoms with Gasteiger partial charge in [-0.3, -0.25) is 0 Å². The molecular weight excluding hydrogens is 310 g/mol. The number of nitrogens with zero attached hydrogens (tertiary/aromatic N) is 3. The number of aryl methyl sites for hydroxylation is 1. The van der Waals surface area contributed by atoms with Crippen LogP contribution in [0.15, 0.2) is 42.6 Å². The third-order valence-corrected chi connectivity index (χ3v) is 5.72. The van der Waals surface area contributed by atoms with E-state index in [1.54, 1.807) is 7.11 Å². The van der Waals surface area contributed by atoms with Crippen LogP contribution in [-0.2, 0) is 12.0 Å². The Labute approximate surface area is 147 Å². The van der Waals surface area contributed by atoms with Crippen LogP contribution in [0.4, 0.5) is 5.69 Å². The minimum Gasteiger partial charge on any atom is -0.467 e. The molecule has 2 heterocycles. The first-order valence-electron chi connectivity index (χ1n) is 8.84. The fraction of sp³-hybridized carbons (Fsp3) is 0.333. The molecule has 0 bridgehead atoms. The molecular formula is C21H21N3O. The van der Waals surface area contributed by atoms with Gasteiger partial charge in [0.2, 0.25) is 0 Å². The maximum absolute atomic E-state index is 5.26. The lowest BCUT2D eigenvalue weighted by Gasteiger charge is -2.36. The molecule has 1 fully saturated rings. The standard InChI is InChI=1S/C21H21N3O/c1-14-5-3-6-15-7-4-8-18(19(14)15)24-12-17-16(21(13-24)9-10-21)11-22-20(23-17)25-2/h3-8,11H,9-10,12-13H2,1-2H3. The number of benzene rings is 2. The normalized spacial score (nSPS) is 17.6. The molecule has 1 aromatic heterocycles. The number of hydrogen-bond acceptors (Lipinski definition) is 4. The molecule has 0 N–H and O–H groups in total. The molecule has 0 amide bonds. The van der Waals surface area contributed by atoms with E-state index in [0.717, 1.165) is 18.8 Å². The number of ether oxygens (including phenoxy) is 1. The number of anilines is 1. The van der Waals surface area contributed by atoms with Gasteiger partial charge in [0.1, 0.15) is 0 Å². The first-order valence-corrected chi connectivity index (χ1v) is 8.84. The molecule has 0 saturated heterocycles. The van der Waals surface area contributed by atoms with Gasteiger partial charge in [-0.25, -0.2) is 4.98 Å². The highest BCUT2D eigenvalue weighted by Crippen LogP contribution is 2.53. The van der Waals surface area contributed by atoms with Gasteiger partial charge < -0.3 is 9.64 Å². The van der Waals surface area contributed by atoms with Crippen molar-refractivity contribution in [1.29, 1.82) is 0 Å². The summed E-state index contributed by atoms with van der Waals surface area (Å²) in [7, 11) is 1.63. The summed E-state index contributed by atoms with van der Waals surface area (Å²) in [6.07, 6.45) is 4.42. The Bertz CT molecular complexity index is 973. The van der Waals surface area contributed by atoms with Crippen molar-refractivity contribution >= 4 is 16.5 Å².